The van der Waals surface area contributed by atoms with E-state index in [0.717, 1.165) is 6.42 Å². The highest BCUT2D eigenvalue weighted by Crippen LogP contribution is 2.17. The van der Waals surface area contributed by atoms with Crippen LogP contribution in [0.3, 0.4) is 0 Å². The van der Waals surface area contributed by atoms with Crippen LogP contribution in [-0.2, 0) is 20.9 Å². The molecule has 6 nitrogen and oxygen atoms in total. The van der Waals surface area contributed by atoms with E-state index in [2.05, 4.69) is 5.32 Å². The first-order valence-electron chi connectivity index (χ1n) is 6.89. The van der Waals surface area contributed by atoms with Crippen LogP contribution in [0.1, 0.15) is 25.5 Å². The van der Waals surface area contributed by atoms with Crippen molar-refractivity contribution >= 4 is 11.8 Å². The highest BCUT2D eigenvalue weighted by Gasteiger charge is 2.33. The van der Waals surface area contributed by atoms with E-state index in [-0.39, 0.29) is 18.4 Å². The summed E-state index contributed by atoms with van der Waals surface area (Å²) in [6.07, 6.45) is 3.10. The summed E-state index contributed by atoms with van der Waals surface area (Å²) in [6, 6.07) is 3.18. The van der Waals surface area contributed by atoms with E-state index in [1.807, 2.05) is 6.92 Å². The van der Waals surface area contributed by atoms with Crippen molar-refractivity contribution in [2.24, 2.45) is 0 Å². The van der Waals surface area contributed by atoms with Gasteiger partial charge in [-0.1, -0.05) is 0 Å². The summed E-state index contributed by atoms with van der Waals surface area (Å²) in [5.74, 6) is 0.440. The average Bonchev–Trinajstić information content (AvgIpc) is 3.12. The summed E-state index contributed by atoms with van der Waals surface area (Å²) in [6.45, 7) is 3.33. The molecule has 1 aliphatic heterocycles. The highest BCUT2D eigenvalue weighted by atomic mass is 16.5. The smallest absolute Gasteiger partial charge is 0.249 e. The number of carbonyl (C=O) groups excluding carboxylic acids is 2. The lowest BCUT2D eigenvalue weighted by Gasteiger charge is -2.23. The second-order valence-corrected chi connectivity index (χ2v) is 4.68. The van der Waals surface area contributed by atoms with Crippen LogP contribution in [0, 0.1) is 0 Å². The number of ether oxygens (including phenoxy) is 1. The second kappa shape index (κ2) is 7.09. The van der Waals surface area contributed by atoms with Gasteiger partial charge in [0.05, 0.1) is 12.8 Å². The van der Waals surface area contributed by atoms with Gasteiger partial charge in [-0.25, -0.2) is 0 Å². The molecule has 0 aromatic carbocycles. The molecular formula is C14H20N2O4. The zero-order valence-corrected chi connectivity index (χ0v) is 11.6. The Labute approximate surface area is 118 Å². The number of rotatable bonds is 6. The molecule has 0 saturated carbocycles. The number of likely N-dealkylation sites (tertiary alicyclic amines) is 1. The van der Waals surface area contributed by atoms with Gasteiger partial charge in [-0.15, -0.1) is 0 Å². The zero-order valence-electron chi connectivity index (χ0n) is 11.6. The third kappa shape index (κ3) is 3.60. The van der Waals surface area contributed by atoms with Crippen LogP contribution in [0.15, 0.2) is 22.8 Å². The first-order valence-corrected chi connectivity index (χ1v) is 6.89. The van der Waals surface area contributed by atoms with Crippen LogP contribution >= 0.6 is 0 Å². The van der Waals surface area contributed by atoms with Crippen molar-refractivity contribution in [1.82, 2.24) is 10.2 Å². The van der Waals surface area contributed by atoms with Crippen molar-refractivity contribution in [2.75, 3.05) is 19.8 Å². The zero-order chi connectivity index (χ0) is 14.4. The van der Waals surface area contributed by atoms with Crippen LogP contribution in [-0.4, -0.2) is 42.5 Å². The second-order valence-electron chi connectivity index (χ2n) is 4.68. The molecule has 6 heteroatoms. The molecule has 1 atom stereocenters. The summed E-state index contributed by atoms with van der Waals surface area (Å²) < 4.78 is 10.3. The molecule has 0 radical (unpaired) electrons. The third-order valence-electron chi connectivity index (χ3n) is 3.32. The molecule has 0 bridgehead atoms. The van der Waals surface area contributed by atoms with Gasteiger partial charge in [0, 0.05) is 13.2 Å². The van der Waals surface area contributed by atoms with Gasteiger partial charge in [-0.3, -0.25) is 9.59 Å². The number of hydrogen-bond acceptors (Lipinski definition) is 4. The van der Waals surface area contributed by atoms with Crippen LogP contribution in [0.2, 0.25) is 0 Å². The van der Waals surface area contributed by atoms with E-state index in [1.54, 1.807) is 23.3 Å². The molecule has 2 heterocycles. The van der Waals surface area contributed by atoms with E-state index < -0.39 is 6.04 Å². The molecule has 0 spiro atoms. The molecule has 1 aromatic rings. The fraction of sp³-hybridized carbons (Fsp3) is 0.571. The maximum atomic E-state index is 12.1. The predicted molar refractivity (Wildman–Crippen MR) is 71.8 cm³/mol. The predicted octanol–water partition coefficient (Wildman–Crippen LogP) is 0.923. The van der Waals surface area contributed by atoms with E-state index in [0.29, 0.717) is 31.9 Å². The minimum absolute atomic E-state index is 0.0401. The van der Waals surface area contributed by atoms with Gasteiger partial charge in [0.15, 0.2) is 0 Å². The van der Waals surface area contributed by atoms with E-state index in [4.69, 9.17) is 9.15 Å². The van der Waals surface area contributed by atoms with Gasteiger partial charge in [0.1, 0.15) is 18.4 Å². The summed E-state index contributed by atoms with van der Waals surface area (Å²) in [5.41, 5.74) is 0. The van der Waals surface area contributed by atoms with E-state index in [1.165, 1.54) is 0 Å². The number of furan rings is 1. The van der Waals surface area contributed by atoms with Gasteiger partial charge in [-0.05, 0) is 31.9 Å². The largest absolute Gasteiger partial charge is 0.467 e. The topological polar surface area (TPSA) is 71.8 Å². The molecule has 1 fully saturated rings. The Morgan fingerprint density at radius 2 is 2.40 bits per heavy atom. The van der Waals surface area contributed by atoms with Crippen LogP contribution in [0.4, 0.5) is 0 Å². The van der Waals surface area contributed by atoms with Crippen molar-refractivity contribution in [3.8, 4) is 0 Å². The molecule has 2 amide bonds. The lowest BCUT2D eigenvalue weighted by atomic mass is 10.2. The number of amides is 2. The first kappa shape index (κ1) is 14.6. The fourth-order valence-electron chi connectivity index (χ4n) is 2.32. The van der Waals surface area contributed by atoms with Gasteiger partial charge < -0.3 is 19.4 Å². The number of carbonyl (C=O) groups is 2. The number of hydrogen-bond donors (Lipinski definition) is 1. The molecule has 1 unspecified atom stereocenters. The Bertz CT molecular complexity index is 444. The maximum Gasteiger partial charge on any atom is 0.249 e. The maximum absolute atomic E-state index is 12.1. The van der Waals surface area contributed by atoms with Crippen LogP contribution < -0.4 is 5.32 Å². The lowest BCUT2D eigenvalue weighted by molar-refractivity contribution is -0.141. The van der Waals surface area contributed by atoms with Crippen LogP contribution in [0.25, 0.3) is 0 Å². The molecule has 0 aliphatic carbocycles. The molecular weight excluding hydrogens is 260 g/mol. The Hall–Kier alpha value is -1.82. The molecule has 1 aliphatic rings. The van der Waals surface area contributed by atoms with Gasteiger partial charge in [0.2, 0.25) is 11.8 Å². The summed E-state index contributed by atoms with van der Waals surface area (Å²) >= 11 is 0. The third-order valence-corrected chi connectivity index (χ3v) is 3.32. The molecule has 20 heavy (non-hydrogen) atoms. The fourth-order valence-corrected chi connectivity index (χ4v) is 2.32. The summed E-state index contributed by atoms with van der Waals surface area (Å²) in [7, 11) is 0. The standard InChI is InChI=1S/C14H20N2O4/c1-2-19-10-13(17)16-7-3-6-12(16)14(18)15-9-11-5-4-8-20-11/h4-5,8,12H,2-3,6-7,9-10H2,1H3,(H,15,18). The summed E-state index contributed by atoms with van der Waals surface area (Å²) in [5, 5.41) is 2.80. The monoisotopic (exact) mass is 280 g/mol. The normalized spacial score (nSPS) is 18.2. The Kier molecular flexibility index (Phi) is 5.17. The minimum Gasteiger partial charge on any atom is -0.467 e. The molecule has 2 rings (SSSR count). The van der Waals surface area contributed by atoms with Gasteiger partial charge >= 0.3 is 0 Å². The summed E-state index contributed by atoms with van der Waals surface area (Å²) in [4.78, 5) is 25.7. The van der Waals surface area contributed by atoms with Crippen molar-refractivity contribution in [3.63, 3.8) is 0 Å². The van der Waals surface area contributed by atoms with Crippen LogP contribution in [0.5, 0.6) is 0 Å². The quantitative estimate of drug-likeness (QED) is 0.841. The van der Waals surface area contributed by atoms with E-state index in [9.17, 15) is 9.59 Å². The minimum atomic E-state index is -0.391. The van der Waals surface area contributed by atoms with Crippen molar-refractivity contribution in [3.05, 3.63) is 24.2 Å². The number of nitrogens with zero attached hydrogens (tertiary/aromatic N) is 1. The molecule has 1 saturated heterocycles. The molecule has 1 N–H and O–H groups in total. The highest BCUT2D eigenvalue weighted by molar-refractivity contribution is 5.88. The van der Waals surface area contributed by atoms with Crippen molar-refractivity contribution in [1.29, 1.82) is 0 Å². The van der Waals surface area contributed by atoms with Crippen molar-refractivity contribution in [2.45, 2.75) is 32.4 Å². The Balaban J connectivity index is 1.85. The average molecular weight is 280 g/mol. The number of nitrogens with one attached hydrogen (secondary N) is 1. The van der Waals surface area contributed by atoms with Gasteiger partial charge in [-0.2, -0.15) is 0 Å². The molecule has 110 valence electrons. The lowest BCUT2D eigenvalue weighted by Crippen LogP contribution is -2.46. The Morgan fingerprint density at radius 3 is 3.10 bits per heavy atom. The molecule has 1 aromatic heterocycles. The first-order chi connectivity index (χ1) is 9.72. The Morgan fingerprint density at radius 1 is 1.55 bits per heavy atom. The van der Waals surface area contributed by atoms with Crippen molar-refractivity contribution < 1.29 is 18.7 Å². The SMILES string of the molecule is CCOCC(=O)N1CCCC1C(=O)NCc1ccco1. The van der Waals surface area contributed by atoms with E-state index >= 15 is 0 Å². The van der Waals surface area contributed by atoms with Gasteiger partial charge in [0.25, 0.3) is 0 Å².